The fourth-order valence-electron chi connectivity index (χ4n) is 5.18. The number of carbonyl (C=O) groups is 1. The van der Waals surface area contributed by atoms with Crippen molar-refractivity contribution in [3.05, 3.63) is 35.9 Å². The number of halogens is 2. The van der Waals surface area contributed by atoms with Crippen LogP contribution in [0.2, 0.25) is 0 Å². The molecule has 4 rings (SSSR count). The summed E-state index contributed by atoms with van der Waals surface area (Å²) in [4.78, 5) is 17.0. The van der Waals surface area contributed by atoms with Gasteiger partial charge in [-0.3, -0.25) is 9.69 Å². The van der Waals surface area contributed by atoms with Gasteiger partial charge < -0.3 is 10.2 Å². The Morgan fingerprint density at radius 3 is 2.57 bits per heavy atom. The van der Waals surface area contributed by atoms with Gasteiger partial charge in [-0.1, -0.05) is 30.3 Å². The normalized spacial score (nSPS) is 27.0. The second-order valence-corrected chi connectivity index (χ2v) is 8.54. The van der Waals surface area contributed by atoms with Gasteiger partial charge in [0.15, 0.2) is 0 Å². The van der Waals surface area contributed by atoms with E-state index in [1.165, 1.54) is 37.9 Å². The van der Waals surface area contributed by atoms with E-state index in [1.54, 1.807) is 0 Å². The highest BCUT2D eigenvalue weighted by Gasteiger charge is 2.36. The van der Waals surface area contributed by atoms with Crippen molar-refractivity contribution >= 4 is 30.7 Å². The first-order chi connectivity index (χ1) is 12.8. The number of fused-ring (bicyclic) bond motifs is 2. The molecule has 0 radical (unpaired) electrons. The lowest BCUT2D eigenvalue weighted by Crippen LogP contribution is -2.55. The van der Waals surface area contributed by atoms with Crippen molar-refractivity contribution in [2.24, 2.45) is 11.8 Å². The van der Waals surface area contributed by atoms with E-state index < -0.39 is 0 Å². The Hall–Kier alpha value is -0.810. The van der Waals surface area contributed by atoms with E-state index in [-0.39, 0.29) is 24.8 Å². The number of likely N-dealkylation sites (tertiary alicyclic amines) is 2. The number of hydrogen-bond acceptors (Lipinski definition) is 3. The third-order valence-electron chi connectivity index (χ3n) is 6.50. The van der Waals surface area contributed by atoms with Crippen LogP contribution >= 0.6 is 24.8 Å². The first-order valence-electron chi connectivity index (χ1n) is 10.6. The minimum Gasteiger partial charge on any atom is -0.343 e. The molecule has 158 valence electrons. The minimum absolute atomic E-state index is 0. The molecule has 3 aliphatic heterocycles. The van der Waals surface area contributed by atoms with E-state index >= 15 is 0 Å². The topological polar surface area (TPSA) is 35.6 Å². The van der Waals surface area contributed by atoms with Crippen molar-refractivity contribution < 1.29 is 4.79 Å². The maximum Gasteiger partial charge on any atom is 0.222 e. The van der Waals surface area contributed by atoms with E-state index in [9.17, 15) is 4.79 Å². The number of carbonyl (C=O) groups excluding carboxylic acids is 1. The fourth-order valence-corrected chi connectivity index (χ4v) is 5.18. The lowest BCUT2D eigenvalue weighted by molar-refractivity contribution is -0.130. The number of nitrogens with zero attached hydrogens (tertiary/aromatic N) is 2. The Labute approximate surface area is 182 Å². The molecular formula is C22H35Cl2N3O. The predicted molar refractivity (Wildman–Crippen MR) is 119 cm³/mol. The molecule has 3 saturated heterocycles. The predicted octanol–water partition coefficient (Wildman–Crippen LogP) is 3.73. The van der Waals surface area contributed by atoms with Crippen LogP contribution in [0.25, 0.3) is 0 Å². The van der Waals surface area contributed by atoms with Gasteiger partial charge in [0.25, 0.3) is 0 Å². The summed E-state index contributed by atoms with van der Waals surface area (Å²) in [5.74, 6) is 1.92. The Balaban J connectivity index is 0.00000140. The highest BCUT2D eigenvalue weighted by molar-refractivity contribution is 5.85. The summed E-state index contributed by atoms with van der Waals surface area (Å²) in [6.45, 7) is 6.61. The Morgan fingerprint density at radius 2 is 1.82 bits per heavy atom. The molecule has 0 aliphatic carbocycles. The third kappa shape index (κ3) is 6.09. The molecule has 4 nitrogen and oxygen atoms in total. The molecule has 3 fully saturated rings. The van der Waals surface area contributed by atoms with Crippen LogP contribution in [-0.2, 0) is 11.3 Å². The van der Waals surface area contributed by atoms with E-state index in [4.69, 9.17) is 0 Å². The summed E-state index contributed by atoms with van der Waals surface area (Å²) in [5.41, 5.74) is 1.42. The quantitative estimate of drug-likeness (QED) is 0.750. The molecule has 0 spiro atoms. The highest BCUT2D eigenvalue weighted by atomic mass is 35.5. The average molecular weight is 428 g/mol. The van der Waals surface area contributed by atoms with Crippen LogP contribution in [0.5, 0.6) is 0 Å². The third-order valence-corrected chi connectivity index (χ3v) is 6.50. The molecule has 3 aliphatic rings. The number of amides is 1. The molecule has 2 bridgehead atoms. The van der Waals surface area contributed by atoms with Crippen LogP contribution in [-0.4, -0.2) is 54.5 Å². The zero-order valence-electron chi connectivity index (χ0n) is 16.7. The van der Waals surface area contributed by atoms with Gasteiger partial charge in [0.1, 0.15) is 0 Å². The van der Waals surface area contributed by atoms with Gasteiger partial charge in [-0.25, -0.2) is 0 Å². The Kier molecular flexibility index (Phi) is 9.55. The van der Waals surface area contributed by atoms with Crippen molar-refractivity contribution in [1.29, 1.82) is 0 Å². The van der Waals surface area contributed by atoms with Crippen LogP contribution in [0, 0.1) is 11.8 Å². The number of piperidine rings is 2. The SMILES string of the molecule is Cl.Cl.O=C(CCC[C@H]1NC[C@@H]2C[C@H]1CN(Cc1ccccc1)C2)N1CCCC1. The fraction of sp³-hybridized carbons (Fsp3) is 0.682. The van der Waals surface area contributed by atoms with Crippen molar-refractivity contribution in [2.45, 2.75) is 51.1 Å². The molecule has 0 aromatic heterocycles. The Bertz CT molecular complexity index is 595. The largest absolute Gasteiger partial charge is 0.343 e. The smallest absolute Gasteiger partial charge is 0.222 e. The molecular weight excluding hydrogens is 393 g/mol. The molecule has 1 aromatic carbocycles. The van der Waals surface area contributed by atoms with Crippen molar-refractivity contribution in [2.75, 3.05) is 32.7 Å². The van der Waals surface area contributed by atoms with Crippen LogP contribution in [0.4, 0.5) is 0 Å². The molecule has 1 amide bonds. The van der Waals surface area contributed by atoms with Crippen molar-refractivity contribution in [3.63, 3.8) is 0 Å². The first-order valence-corrected chi connectivity index (χ1v) is 10.6. The van der Waals surface area contributed by atoms with Crippen molar-refractivity contribution in [1.82, 2.24) is 15.1 Å². The number of rotatable bonds is 6. The standard InChI is InChI=1S/C22H33N3O.2ClH/c26-22(25-11-4-5-12-25)10-6-9-21-20-13-19(14-23-21)16-24(17-20)15-18-7-2-1-3-8-18;;/h1-3,7-8,19-21,23H,4-6,9-17H2;2*1H/t19-,20-,21+;;/m0../s1. The van der Waals surface area contributed by atoms with Gasteiger partial charge in [0.05, 0.1) is 0 Å². The second-order valence-electron chi connectivity index (χ2n) is 8.54. The second kappa shape index (κ2) is 11.4. The van der Waals surface area contributed by atoms with Crippen LogP contribution in [0.1, 0.15) is 44.1 Å². The van der Waals surface area contributed by atoms with Gasteiger partial charge in [0.2, 0.25) is 5.91 Å². The van der Waals surface area contributed by atoms with E-state index in [2.05, 4.69) is 45.4 Å². The maximum absolute atomic E-state index is 12.3. The molecule has 3 heterocycles. The Morgan fingerprint density at radius 1 is 1.07 bits per heavy atom. The summed E-state index contributed by atoms with van der Waals surface area (Å²) in [5, 5.41) is 3.80. The number of hydrogen-bond donors (Lipinski definition) is 1. The van der Waals surface area contributed by atoms with Crippen LogP contribution in [0.3, 0.4) is 0 Å². The minimum atomic E-state index is 0. The summed E-state index contributed by atoms with van der Waals surface area (Å²) in [6, 6.07) is 11.5. The van der Waals surface area contributed by atoms with E-state index in [1.807, 2.05) is 0 Å². The van der Waals surface area contributed by atoms with Gasteiger partial charge >= 0.3 is 0 Å². The number of benzene rings is 1. The van der Waals surface area contributed by atoms with E-state index in [0.29, 0.717) is 11.9 Å². The zero-order valence-corrected chi connectivity index (χ0v) is 18.4. The molecule has 1 N–H and O–H groups in total. The van der Waals surface area contributed by atoms with Gasteiger partial charge in [-0.05, 0) is 56.0 Å². The lowest BCUT2D eigenvalue weighted by Gasteiger charge is -2.46. The average Bonchev–Trinajstić information content (AvgIpc) is 3.19. The first kappa shape index (κ1) is 23.5. The van der Waals surface area contributed by atoms with Gasteiger partial charge in [-0.15, -0.1) is 24.8 Å². The molecule has 0 unspecified atom stereocenters. The molecule has 0 saturated carbocycles. The molecule has 28 heavy (non-hydrogen) atoms. The lowest BCUT2D eigenvalue weighted by atomic mass is 9.79. The van der Waals surface area contributed by atoms with Gasteiger partial charge in [-0.2, -0.15) is 0 Å². The van der Waals surface area contributed by atoms with E-state index in [0.717, 1.165) is 57.3 Å². The summed E-state index contributed by atoms with van der Waals surface area (Å²) in [6.07, 6.45) is 6.67. The van der Waals surface area contributed by atoms with Crippen LogP contribution in [0.15, 0.2) is 30.3 Å². The number of nitrogens with one attached hydrogen (secondary N) is 1. The summed E-state index contributed by atoms with van der Waals surface area (Å²) in [7, 11) is 0. The monoisotopic (exact) mass is 427 g/mol. The summed E-state index contributed by atoms with van der Waals surface area (Å²) < 4.78 is 0. The van der Waals surface area contributed by atoms with Crippen LogP contribution < -0.4 is 5.32 Å². The zero-order chi connectivity index (χ0) is 17.8. The highest BCUT2D eigenvalue weighted by Crippen LogP contribution is 2.31. The van der Waals surface area contributed by atoms with Crippen molar-refractivity contribution in [3.8, 4) is 0 Å². The van der Waals surface area contributed by atoms with Gasteiger partial charge in [0, 0.05) is 45.2 Å². The molecule has 3 atom stereocenters. The molecule has 1 aromatic rings. The molecule has 6 heteroatoms. The summed E-state index contributed by atoms with van der Waals surface area (Å²) >= 11 is 0. The maximum atomic E-state index is 12.3.